The van der Waals surface area contributed by atoms with Crippen LogP contribution in [0, 0.1) is 0 Å². The van der Waals surface area contributed by atoms with E-state index in [0.29, 0.717) is 31.4 Å². The zero-order chi connectivity index (χ0) is 20.6. The van der Waals surface area contributed by atoms with Crippen molar-refractivity contribution >= 4 is 11.8 Å². The third kappa shape index (κ3) is 4.92. The van der Waals surface area contributed by atoms with Crippen molar-refractivity contribution < 1.29 is 17.9 Å². The number of halogens is 3. The van der Waals surface area contributed by atoms with Crippen molar-refractivity contribution in [2.24, 2.45) is 0 Å². The van der Waals surface area contributed by atoms with Gasteiger partial charge in [-0.25, -0.2) is 4.98 Å². The highest BCUT2D eigenvalue weighted by Crippen LogP contribution is 2.40. The molecule has 0 radical (unpaired) electrons. The van der Waals surface area contributed by atoms with E-state index in [2.05, 4.69) is 34.9 Å². The van der Waals surface area contributed by atoms with Crippen LogP contribution in [0.4, 0.5) is 24.9 Å². The van der Waals surface area contributed by atoms with Crippen molar-refractivity contribution in [1.82, 2.24) is 9.97 Å². The lowest BCUT2D eigenvalue weighted by molar-refractivity contribution is -0.274. The number of alkyl halides is 3. The predicted octanol–water partition coefficient (Wildman–Crippen LogP) is 5.03. The molecule has 2 heterocycles. The van der Waals surface area contributed by atoms with Gasteiger partial charge in [-0.05, 0) is 55.9 Å². The summed E-state index contributed by atoms with van der Waals surface area (Å²) in [6.45, 7) is 5.50. The number of hydrogen-bond donors (Lipinski definition) is 1. The molecule has 5 nitrogen and oxygen atoms in total. The number of hydrogen-bond acceptors (Lipinski definition) is 5. The molecule has 0 bridgehead atoms. The van der Waals surface area contributed by atoms with Crippen LogP contribution in [0.2, 0.25) is 0 Å². The molecule has 1 aliphatic carbocycles. The van der Waals surface area contributed by atoms with Gasteiger partial charge in [0.25, 0.3) is 0 Å². The van der Waals surface area contributed by atoms with Gasteiger partial charge in [-0.2, -0.15) is 4.98 Å². The maximum Gasteiger partial charge on any atom is 0.573 e. The van der Waals surface area contributed by atoms with E-state index in [4.69, 9.17) is 9.97 Å². The second-order valence-corrected chi connectivity index (χ2v) is 7.85. The van der Waals surface area contributed by atoms with Crippen LogP contribution in [-0.2, 0) is 13.0 Å². The lowest BCUT2D eigenvalue weighted by Gasteiger charge is -2.30. The number of anilines is 2. The summed E-state index contributed by atoms with van der Waals surface area (Å²) >= 11 is 0. The first-order chi connectivity index (χ1) is 13.8. The van der Waals surface area contributed by atoms with Crippen LogP contribution in [-0.4, -0.2) is 28.9 Å². The van der Waals surface area contributed by atoms with Crippen LogP contribution < -0.4 is 15.0 Å². The molecular formula is C21H25F3N4O. The van der Waals surface area contributed by atoms with Gasteiger partial charge in [0, 0.05) is 31.1 Å². The predicted molar refractivity (Wildman–Crippen MR) is 105 cm³/mol. The van der Waals surface area contributed by atoms with Gasteiger partial charge in [0.15, 0.2) is 0 Å². The molecule has 8 heteroatoms. The summed E-state index contributed by atoms with van der Waals surface area (Å²) < 4.78 is 41.5. The highest BCUT2D eigenvalue weighted by molar-refractivity contribution is 5.50. The third-order valence-corrected chi connectivity index (χ3v) is 5.46. The van der Waals surface area contributed by atoms with Crippen molar-refractivity contribution in [2.75, 3.05) is 16.8 Å². The maximum atomic E-state index is 12.5. The molecule has 1 aromatic carbocycles. The number of nitrogens with one attached hydrogen (secondary N) is 1. The first-order valence-corrected chi connectivity index (χ1v) is 10.1. The lowest BCUT2D eigenvalue weighted by Crippen LogP contribution is -2.31. The average Bonchev–Trinajstić information content (AvgIpc) is 3.51. The monoisotopic (exact) mass is 406 g/mol. The number of rotatable bonds is 6. The molecule has 29 heavy (non-hydrogen) atoms. The van der Waals surface area contributed by atoms with Gasteiger partial charge in [0.2, 0.25) is 5.95 Å². The van der Waals surface area contributed by atoms with E-state index in [1.54, 1.807) is 6.07 Å². The van der Waals surface area contributed by atoms with Gasteiger partial charge in [-0.15, -0.1) is 13.2 Å². The first kappa shape index (κ1) is 19.8. The van der Waals surface area contributed by atoms with Crippen LogP contribution in [0.1, 0.15) is 55.8 Å². The van der Waals surface area contributed by atoms with Gasteiger partial charge < -0.3 is 15.0 Å². The second-order valence-electron chi connectivity index (χ2n) is 7.85. The summed E-state index contributed by atoms with van der Waals surface area (Å²) in [5.41, 5.74) is 2.95. The molecule has 1 atom stereocenters. The summed E-state index contributed by atoms with van der Waals surface area (Å²) in [5, 5.41) is 3.37. The van der Waals surface area contributed by atoms with Crippen LogP contribution in [0.5, 0.6) is 5.75 Å². The van der Waals surface area contributed by atoms with E-state index in [1.165, 1.54) is 12.1 Å². The van der Waals surface area contributed by atoms with Crippen molar-refractivity contribution in [1.29, 1.82) is 0 Å². The van der Waals surface area contributed by atoms with E-state index in [9.17, 15) is 13.2 Å². The van der Waals surface area contributed by atoms with Gasteiger partial charge in [0.05, 0.1) is 5.69 Å². The van der Waals surface area contributed by atoms with E-state index in [1.807, 2.05) is 0 Å². The summed E-state index contributed by atoms with van der Waals surface area (Å²) in [5.74, 6) is 1.86. The minimum absolute atomic E-state index is 0.164. The molecule has 156 valence electrons. The van der Waals surface area contributed by atoms with Gasteiger partial charge in [0.1, 0.15) is 11.6 Å². The number of fused-ring (bicyclic) bond motifs is 1. The minimum atomic E-state index is -4.67. The molecule has 4 rings (SSSR count). The van der Waals surface area contributed by atoms with Crippen LogP contribution in [0.3, 0.4) is 0 Å². The summed E-state index contributed by atoms with van der Waals surface area (Å²) in [6, 6.07) is 6.93. The number of benzene rings is 1. The van der Waals surface area contributed by atoms with Gasteiger partial charge >= 0.3 is 6.36 Å². The number of aromatic nitrogens is 2. The van der Waals surface area contributed by atoms with Gasteiger partial charge in [-0.3, -0.25) is 0 Å². The first-order valence-electron chi connectivity index (χ1n) is 10.1. The van der Waals surface area contributed by atoms with E-state index in [0.717, 1.165) is 41.9 Å². The van der Waals surface area contributed by atoms with Crippen LogP contribution >= 0.6 is 0 Å². The number of nitrogens with zero attached hydrogens (tertiary/aromatic N) is 3. The fourth-order valence-corrected chi connectivity index (χ4v) is 3.51. The Morgan fingerprint density at radius 2 is 2.00 bits per heavy atom. The Hall–Kier alpha value is -2.51. The Bertz CT molecular complexity index is 883. The SMILES string of the molecule is CC[C@@H](C)Nc1nc(C2CC2)cc(N2CCc3cc(OC(F)(F)F)ccc3C2)n1. The van der Waals surface area contributed by atoms with Crippen LogP contribution in [0.15, 0.2) is 24.3 Å². The minimum Gasteiger partial charge on any atom is -0.406 e. The largest absolute Gasteiger partial charge is 0.573 e. The summed E-state index contributed by atoms with van der Waals surface area (Å²) in [6.07, 6.45) is -0.741. The molecular weight excluding hydrogens is 381 g/mol. The Morgan fingerprint density at radius 3 is 2.69 bits per heavy atom. The Kier molecular flexibility index (Phi) is 5.27. The normalized spacial score (nSPS) is 17.6. The average molecular weight is 406 g/mol. The summed E-state index contributed by atoms with van der Waals surface area (Å²) in [7, 11) is 0. The lowest BCUT2D eigenvalue weighted by atomic mass is 9.99. The molecule has 1 fully saturated rings. The fraction of sp³-hybridized carbons (Fsp3) is 0.524. The molecule has 1 aromatic heterocycles. The van der Waals surface area contributed by atoms with Gasteiger partial charge in [-0.1, -0.05) is 13.0 Å². The Balaban J connectivity index is 1.55. The molecule has 0 amide bonds. The van der Waals surface area contributed by atoms with Crippen molar-refractivity contribution in [3.63, 3.8) is 0 Å². The van der Waals surface area contributed by atoms with Crippen molar-refractivity contribution in [3.8, 4) is 5.75 Å². The van der Waals surface area contributed by atoms with Crippen LogP contribution in [0.25, 0.3) is 0 Å². The molecule has 2 aromatic rings. The standard InChI is InChI=1S/C21H25F3N4O/c1-3-13(2)25-20-26-18(14-4-5-14)11-19(27-20)28-9-8-15-10-17(29-21(22,23)24)7-6-16(15)12-28/h6-7,10-11,13-14H,3-5,8-9,12H2,1-2H3,(H,25,26,27)/t13-/m1/s1. The zero-order valence-electron chi connectivity index (χ0n) is 16.6. The molecule has 1 aliphatic heterocycles. The molecule has 1 saturated carbocycles. The molecule has 0 unspecified atom stereocenters. The van der Waals surface area contributed by atoms with Crippen molar-refractivity contribution in [3.05, 3.63) is 41.1 Å². The van der Waals surface area contributed by atoms with E-state index >= 15 is 0 Å². The number of ether oxygens (including phenoxy) is 1. The Morgan fingerprint density at radius 1 is 1.21 bits per heavy atom. The highest BCUT2D eigenvalue weighted by Gasteiger charge is 2.32. The van der Waals surface area contributed by atoms with Crippen molar-refractivity contribution in [2.45, 2.75) is 64.4 Å². The fourth-order valence-electron chi connectivity index (χ4n) is 3.51. The topological polar surface area (TPSA) is 50.3 Å². The summed E-state index contributed by atoms with van der Waals surface area (Å²) in [4.78, 5) is 11.6. The smallest absolute Gasteiger partial charge is 0.406 e. The quantitative estimate of drug-likeness (QED) is 0.730. The molecule has 0 spiro atoms. The molecule has 1 N–H and O–H groups in total. The molecule has 2 aliphatic rings. The highest BCUT2D eigenvalue weighted by atomic mass is 19.4. The zero-order valence-corrected chi connectivity index (χ0v) is 16.6. The third-order valence-electron chi connectivity index (χ3n) is 5.46. The maximum absolute atomic E-state index is 12.5. The second kappa shape index (κ2) is 7.72. The molecule has 0 saturated heterocycles. The van der Waals surface area contributed by atoms with E-state index < -0.39 is 6.36 Å². The van der Waals surface area contributed by atoms with E-state index in [-0.39, 0.29) is 11.8 Å². The Labute approximate surface area is 168 Å².